The molecule has 1 atom stereocenters. The Bertz CT molecular complexity index is 800. The number of rotatable bonds is 10. The van der Waals surface area contributed by atoms with Gasteiger partial charge in [-0.15, -0.1) is 24.0 Å². The molecule has 1 saturated heterocycles. The summed E-state index contributed by atoms with van der Waals surface area (Å²) >= 11 is 0. The summed E-state index contributed by atoms with van der Waals surface area (Å²) in [6, 6.07) is 9.45. The minimum atomic E-state index is 0. The van der Waals surface area contributed by atoms with E-state index in [1.54, 1.807) is 23.0 Å². The maximum absolute atomic E-state index is 11.7. The van der Waals surface area contributed by atoms with Gasteiger partial charge in [-0.25, -0.2) is 0 Å². The smallest absolute Gasteiger partial charge is 0.250 e. The van der Waals surface area contributed by atoms with Crippen LogP contribution < -0.4 is 16.2 Å². The van der Waals surface area contributed by atoms with E-state index in [0.29, 0.717) is 6.54 Å². The molecule has 1 unspecified atom stereocenters. The molecular formula is C22H34IN5O2. The molecule has 3 heterocycles. The Morgan fingerprint density at radius 2 is 2.00 bits per heavy atom. The molecule has 2 N–H and O–H groups in total. The van der Waals surface area contributed by atoms with Crippen LogP contribution in [0.15, 0.2) is 57.0 Å². The number of guanidine groups is 1. The van der Waals surface area contributed by atoms with E-state index in [1.165, 1.54) is 12.8 Å². The first kappa shape index (κ1) is 24.5. The number of nitrogens with zero attached hydrogens (tertiary/aromatic N) is 3. The Morgan fingerprint density at radius 3 is 2.70 bits per heavy atom. The highest BCUT2D eigenvalue weighted by atomic mass is 127. The highest BCUT2D eigenvalue weighted by Gasteiger charge is 2.25. The van der Waals surface area contributed by atoms with Gasteiger partial charge in [0, 0.05) is 31.9 Å². The van der Waals surface area contributed by atoms with Gasteiger partial charge in [0.25, 0.3) is 0 Å². The molecule has 7 nitrogen and oxygen atoms in total. The molecular weight excluding hydrogens is 493 g/mol. The lowest BCUT2D eigenvalue weighted by molar-refractivity contribution is 0.221. The number of aryl methyl sites for hydroxylation is 1. The molecule has 8 heteroatoms. The van der Waals surface area contributed by atoms with Crippen molar-refractivity contribution in [3.8, 4) is 0 Å². The van der Waals surface area contributed by atoms with E-state index in [9.17, 15) is 4.79 Å². The van der Waals surface area contributed by atoms with Gasteiger partial charge in [0.05, 0.1) is 18.8 Å². The maximum Gasteiger partial charge on any atom is 0.250 e. The van der Waals surface area contributed by atoms with Gasteiger partial charge in [0.15, 0.2) is 5.96 Å². The second-order valence-corrected chi connectivity index (χ2v) is 7.36. The van der Waals surface area contributed by atoms with Crippen LogP contribution in [0.1, 0.15) is 44.4 Å². The summed E-state index contributed by atoms with van der Waals surface area (Å²) in [4.78, 5) is 19.0. The fraction of sp³-hybridized carbons (Fsp3) is 0.545. The van der Waals surface area contributed by atoms with Crippen molar-refractivity contribution in [3.05, 3.63) is 58.9 Å². The van der Waals surface area contributed by atoms with E-state index in [-0.39, 0.29) is 35.6 Å². The fourth-order valence-corrected chi connectivity index (χ4v) is 3.70. The predicted molar refractivity (Wildman–Crippen MR) is 132 cm³/mol. The normalized spacial score (nSPS) is 15.6. The molecule has 1 fully saturated rings. The largest absolute Gasteiger partial charge is 0.468 e. The highest BCUT2D eigenvalue weighted by molar-refractivity contribution is 14.0. The Hall–Kier alpha value is -1.81. The summed E-state index contributed by atoms with van der Waals surface area (Å²) in [6.07, 6.45) is 7.98. The van der Waals surface area contributed by atoms with E-state index in [4.69, 9.17) is 9.41 Å². The summed E-state index contributed by atoms with van der Waals surface area (Å²) in [5.74, 6) is 1.82. The molecule has 0 amide bonds. The van der Waals surface area contributed by atoms with E-state index < -0.39 is 0 Å². The van der Waals surface area contributed by atoms with Crippen molar-refractivity contribution in [2.45, 2.75) is 45.2 Å². The van der Waals surface area contributed by atoms with Crippen molar-refractivity contribution in [1.82, 2.24) is 20.1 Å². The first-order valence-electron chi connectivity index (χ1n) is 10.7. The zero-order valence-corrected chi connectivity index (χ0v) is 20.1. The first-order chi connectivity index (χ1) is 14.3. The number of hydrogen-bond acceptors (Lipinski definition) is 4. The third kappa shape index (κ3) is 7.46. The van der Waals surface area contributed by atoms with Crippen LogP contribution in [0.25, 0.3) is 0 Å². The third-order valence-electron chi connectivity index (χ3n) is 5.24. The molecule has 0 aromatic carbocycles. The average Bonchev–Trinajstić information content (AvgIpc) is 3.44. The van der Waals surface area contributed by atoms with Crippen LogP contribution in [0.3, 0.4) is 0 Å². The van der Waals surface area contributed by atoms with Gasteiger partial charge in [-0.2, -0.15) is 0 Å². The fourth-order valence-electron chi connectivity index (χ4n) is 3.70. The van der Waals surface area contributed by atoms with Gasteiger partial charge >= 0.3 is 0 Å². The van der Waals surface area contributed by atoms with Gasteiger partial charge < -0.3 is 19.6 Å². The lowest BCUT2D eigenvalue weighted by Gasteiger charge is -2.24. The molecule has 30 heavy (non-hydrogen) atoms. The van der Waals surface area contributed by atoms with Crippen molar-refractivity contribution < 1.29 is 4.42 Å². The number of aliphatic imine (C=N–C) groups is 1. The van der Waals surface area contributed by atoms with Crippen molar-refractivity contribution in [1.29, 1.82) is 0 Å². The van der Waals surface area contributed by atoms with Gasteiger partial charge in [-0.1, -0.05) is 6.07 Å². The van der Waals surface area contributed by atoms with Gasteiger partial charge in [-0.05, 0) is 63.9 Å². The summed E-state index contributed by atoms with van der Waals surface area (Å²) in [5, 5.41) is 6.74. The molecule has 166 valence electrons. The monoisotopic (exact) mass is 527 g/mol. The van der Waals surface area contributed by atoms with Crippen LogP contribution in [0.2, 0.25) is 0 Å². The SMILES string of the molecule is CCNC(=NCC(c1ccco1)N1CCCC1)NCCCCn1ccccc1=O.I. The molecule has 0 radical (unpaired) electrons. The van der Waals surface area contributed by atoms with Crippen LogP contribution in [0.4, 0.5) is 0 Å². The standard InChI is InChI=1S/C22H33N5O2.HI/c1-2-23-22(24-12-4-6-16-27-15-5-3-11-21(27)28)25-18-19(20-10-9-17-29-20)26-13-7-8-14-26;/h3,5,9-11,15,17,19H,2,4,6-8,12-14,16,18H2,1H3,(H2,23,24,25);1H. The van der Waals surface area contributed by atoms with E-state index >= 15 is 0 Å². The highest BCUT2D eigenvalue weighted by Crippen LogP contribution is 2.25. The number of nitrogens with one attached hydrogen (secondary N) is 2. The molecule has 3 rings (SSSR count). The zero-order valence-electron chi connectivity index (χ0n) is 17.8. The van der Waals surface area contributed by atoms with Gasteiger partial charge in [0.2, 0.25) is 5.56 Å². The molecule has 1 aliphatic rings. The average molecular weight is 527 g/mol. The lowest BCUT2D eigenvalue weighted by atomic mass is 10.2. The minimum absolute atomic E-state index is 0. The molecule has 1 aliphatic heterocycles. The van der Waals surface area contributed by atoms with Crippen molar-refractivity contribution in [2.75, 3.05) is 32.7 Å². The summed E-state index contributed by atoms with van der Waals surface area (Å²) < 4.78 is 7.44. The number of aromatic nitrogens is 1. The molecule has 2 aromatic heterocycles. The summed E-state index contributed by atoms with van der Waals surface area (Å²) in [6.45, 7) is 7.33. The Balaban J connectivity index is 0.00000320. The van der Waals surface area contributed by atoms with E-state index in [1.807, 2.05) is 24.4 Å². The summed E-state index contributed by atoms with van der Waals surface area (Å²) in [7, 11) is 0. The van der Waals surface area contributed by atoms with Crippen LogP contribution >= 0.6 is 24.0 Å². The van der Waals surface area contributed by atoms with Crippen molar-refractivity contribution >= 4 is 29.9 Å². The van der Waals surface area contributed by atoms with Crippen LogP contribution in [-0.2, 0) is 6.54 Å². The molecule has 2 aromatic rings. The predicted octanol–water partition coefficient (Wildman–Crippen LogP) is 3.23. The third-order valence-corrected chi connectivity index (χ3v) is 5.24. The Morgan fingerprint density at radius 1 is 1.17 bits per heavy atom. The number of pyridine rings is 1. The van der Waals surface area contributed by atoms with Crippen molar-refractivity contribution in [2.24, 2.45) is 4.99 Å². The molecule has 0 bridgehead atoms. The van der Waals surface area contributed by atoms with E-state index in [0.717, 1.165) is 57.3 Å². The van der Waals surface area contributed by atoms with Gasteiger partial charge in [-0.3, -0.25) is 14.7 Å². The van der Waals surface area contributed by atoms with Gasteiger partial charge in [0.1, 0.15) is 5.76 Å². The molecule has 0 saturated carbocycles. The number of furan rings is 1. The topological polar surface area (TPSA) is 74.8 Å². The maximum atomic E-state index is 11.7. The number of unbranched alkanes of at least 4 members (excludes halogenated alkanes) is 1. The lowest BCUT2D eigenvalue weighted by Crippen LogP contribution is -2.39. The van der Waals surface area contributed by atoms with Crippen LogP contribution in [0, 0.1) is 0 Å². The first-order valence-corrected chi connectivity index (χ1v) is 10.7. The Labute approximate surface area is 196 Å². The molecule has 0 spiro atoms. The summed E-state index contributed by atoms with van der Waals surface area (Å²) in [5.41, 5.74) is 0.0567. The second kappa shape index (κ2) is 13.5. The quantitative estimate of drug-likeness (QED) is 0.215. The second-order valence-electron chi connectivity index (χ2n) is 7.36. The van der Waals surface area contributed by atoms with E-state index in [2.05, 4.69) is 22.5 Å². The number of likely N-dealkylation sites (tertiary alicyclic amines) is 1. The number of halogens is 1. The minimum Gasteiger partial charge on any atom is -0.468 e. The van der Waals surface area contributed by atoms with Crippen molar-refractivity contribution in [3.63, 3.8) is 0 Å². The Kier molecular flexibility index (Phi) is 11.0. The zero-order chi connectivity index (χ0) is 20.3. The number of hydrogen-bond donors (Lipinski definition) is 2. The molecule has 0 aliphatic carbocycles. The van der Waals surface area contributed by atoms with Crippen LogP contribution in [0.5, 0.6) is 0 Å². The van der Waals surface area contributed by atoms with Crippen LogP contribution in [-0.4, -0.2) is 48.2 Å².